The van der Waals surface area contributed by atoms with Crippen molar-refractivity contribution in [3.63, 3.8) is 0 Å². The van der Waals surface area contributed by atoms with Gasteiger partial charge in [-0.1, -0.05) is 138 Å². The van der Waals surface area contributed by atoms with E-state index in [1.807, 2.05) is 30.3 Å². The summed E-state index contributed by atoms with van der Waals surface area (Å²) in [7, 11) is 0. The quantitative estimate of drug-likeness (QED) is 0.174. The maximum absolute atomic E-state index is 5.41. The molecular weight excluding hydrogens is 733 g/mol. The highest BCUT2D eigenvalue weighted by molar-refractivity contribution is 5.96. The number of hydrogen-bond donors (Lipinski definition) is 2. The van der Waals surface area contributed by atoms with Crippen molar-refractivity contribution in [2.24, 2.45) is 10.2 Å². The summed E-state index contributed by atoms with van der Waals surface area (Å²) < 4.78 is 0. The van der Waals surface area contributed by atoms with E-state index in [-0.39, 0.29) is 21.7 Å². The molecule has 8 rings (SSSR count). The van der Waals surface area contributed by atoms with Crippen LogP contribution in [0.15, 0.2) is 107 Å². The SMILES string of the molecule is CC(C)(C)c1cc(-c2c3nc(c(N=Nc4ccccc4)c4ccc([nH]4)c(-c4cc(C(C)(C)C)cc(C(C)(C)C)c4)c4nc(cc5ccc2[nH]5)C=C4)C=C3)cc(C(C)(C)C)c1. The van der Waals surface area contributed by atoms with Crippen LogP contribution >= 0.6 is 0 Å². The van der Waals surface area contributed by atoms with Gasteiger partial charge in [-0.15, -0.1) is 5.11 Å². The zero-order valence-electron chi connectivity index (χ0n) is 37.3. The number of nitrogens with one attached hydrogen (secondary N) is 2. The van der Waals surface area contributed by atoms with E-state index in [0.717, 1.165) is 72.8 Å². The van der Waals surface area contributed by atoms with Gasteiger partial charge in [0.25, 0.3) is 0 Å². The van der Waals surface area contributed by atoms with Gasteiger partial charge in [-0.25, -0.2) is 9.97 Å². The van der Waals surface area contributed by atoms with Crippen molar-refractivity contribution < 1.29 is 0 Å². The lowest BCUT2D eigenvalue weighted by molar-refractivity contribution is 0.568. The molecule has 0 atom stereocenters. The van der Waals surface area contributed by atoms with Gasteiger partial charge in [0.2, 0.25) is 0 Å². The fourth-order valence-electron chi connectivity index (χ4n) is 7.72. The normalized spacial score (nSPS) is 13.5. The van der Waals surface area contributed by atoms with Gasteiger partial charge in [0.05, 0.1) is 34.0 Å². The Hall–Kier alpha value is -6.14. The van der Waals surface area contributed by atoms with Gasteiger partial charge in [0.1, 0.15) is 5.69 Å². The minimum atomic E-state index is -0.0579. The molecule has 0 amide bonds. The summed E-state index contributed by atoms with van der Waals surface area (Å²) in [4.78, 5) is 18.3. The Morgan fingerprint density at radius 2 is 0.883 bits per heavy atom. The molecule has 0 saturated heterocycles. The monoisotopic (exact) mass is 790 g/mol. The molecule has 3 aromatic carbocycles. The lowest BCUT2D eigenvalue weighted by Crippen LogP contribution is -2.16. The first kappa shape index (κ1) is 40.6. The molecular formula is C54H58N6. The first-order valence-electron chi connectivity index (χ1n) is 21.1. The molecule has 2 aliphatic heterocycles. The standard InChI is InChI=1S/C54H58N6/c1-51(2,3)35-26-33(27-36(30-35)52(4,5)6)48-42-20-18-40(55-42)32-41-19-21-43(56-41)49(34-28-37(53(7,8)9)31-38(29-34)54(10,11)12)45-23-25-47(58-45)50(46-24-22-44(48)57-46)60-59-39-16-14-13-15-17-39/h13-32,55,58H,1-12H3. The highest BCUT2D eigenvalue weighted by Gasteiger charge is 2.25. The Morgan fingerprint density at radius 3 is 1.43 bits per heavy atom. The number of rotatable bonds is 4. The second-order valence-electron chi connectivity index (χ2n) is 20.5. The highest BCUT2D eigenvalue weighted by Crippen LogP contribution is 2.41. The lowest BCUT2D eigenvalue weighted by atomic mass is 9.78. The molecule has 0 spiro atoms. The van der Waals surface area contributed by atoms with Crippen molar-refractivity contribution in [1.82, 2.24) is 19.9 Å². The van der Waals surface area contributed by atoms with E-state index in [9.17, 15) is 0 Å². The van der Waals surface area contributed by atoms with Crippen LogP contribution in [0, 0.1) is 0 Å². The number of aromatic nitrogens is 4. The van der Waals surface area contributed by atoms with E-state index >= 15 is 0 Å². The van der Waals surface area contributed by atoms with Crippen molar-refractivity contribution in [2.45, 2.75) is 105 Å². The minimum absolute atomic E-state index is 0.0579. The van der Waals surface area contributed by atoms with Gasteiger partial charge in [-0.05, 0) is 122 Å². The van der Waals surface area contributed by atoms with E-state index in [4.69, 9.17) is 20.2 Å². The van der Waals surface area contributed by atoms with Gasteiger partial charge >= 0.3 is 0 Å². The average Bonchev–Trinajstić information content (AvgIpc) is 4.01. The molecule has 60 heavy (non-hydrogen) atoms. The molecule has 0 fully saturated rings. The van der Waals surface area contributed by atoms with Crippen molar-refractivity contribution >= 4 is 57.7 Å². The fraction of sp³-hybridized carbons (Fsp3) is 0.296. The topological polar surface area (TPSA) is 82.1 Å². The Bertz CT molecular complexity index is 2750. The third-order valence-corrected chi connectivity index (χ3v) is 11.5. The number of H-pyrrole nitrogens is 2. The second kappa shape index (κ2) is 14.8. The minimum Gasteiger partial charge on any atom is -0.355 e. The van der Waals surface area contributed by atoms with Crippen LogP contribution in [0.1, 0.15) is 128 Å². The summed E-state index contributed by atoms with van der Waals surface area (Å²) in [5.41, 5.74) is 17.6. The smallest absolute Gasteiger partial charge is 0.135 e. The largest absolute Gasteiger partial charge is 0.355 e. The zero-order valence-corrected chi connectivity index (χ0v) is 37.3. The molecule has 2 N–H and O–H groups in total. The number of fused-ring (bicyclic) bond motifs is 8. The van der Waals surface area contributed by atoms with Crippen LogP contribution in [0.4, 0.5) is 11.4 Å². The third kappa shape index (κ3) is 8.34. The van der Waals surface area contributed by atoms with Crippen LogP contribution in [0.25, 0.3) is 68.6 Å². The molecule has 0 radical (unpaired) electrons. The summed E-state index contributed by atoms with van der Waals surface area (Å²) in [6.07, 6.45) is 8.43. The molecule has 6 aromatic rings. The summed E-state index contributed by atoms with van der Waals surface area (Å²) in [6.45, 7) is 27.3. The Balaban J connectivity index is 1.50. The molecule has 0 saturated carbocycles. The Kier molecular flexibility index (Phi) is 10.1. The molecule has 2 aliphatic rings. The molecule has 0 aliphatic carbocycles. The number of aromatic amines is 2. The fourth-order valence-corrected chi connectivity index (χ4v) is 7.72. The van der Waals surface area contributed by atoms with Crippen molar-refractivity contribution in [1.29, 1.82) is 0 Å². The van der Waals surface area contributed by atoms with Crippen LogP contribution in [0.2, 0.25) is 0 Å². The molecule has 5 heterocycles. The number of azo groups is 1. The van der Waals surface area contributed by atoms with E-state index in [2.05, 4.69) is 184 Å². The summed E-state index contributed by atoms with van der Waals surface area (Å²) in [5.74, 6) is 0. The first-order chi connectivity index (χ1) is 28.2. The predicted octanol–water partition coefficient (Wildman–Crippen LogP) is 15.6. The summed E-state index contributed by atoms with van der Waals surface area (Å²) >= 11 is 0. The zero-order chi connectivity index (χ0) is 42.8. The number of benzene rings is 3. The maximum Gasteiger partial charge on any atom is 0.135 e. The number of nitrogens with zero attached hydrogens (tertiary/aromatic N) is 4. The van der Waals surface area contributed by atoms with Crippen molar-refractivity contribution in [3.8, 4) is 22.3 Å². The van der Waals surface area contributed by atoms with E-state index in [1.54, 1.807) is 0 Å². The Morgan fingerprint density at radius 1 is 0.417 bits per heavy atom. The van der Waals surface area contributed by atoms with Crippen molar-refractivity contribution in [2.75, 3.05) is 0 Å². The molecule has 0 unspecified atom stereocenters. The molecule has 3 aromatic heterocycles. The van der Waals surface area contributed by atoms with Crippen LogP contribution < -0.4 is 0 Å². The highest BCUT2D eigenvalue weighted by atomic mass is 15.1. The van der Waals surface area contributed by atoms with Crippen LogP contribution in [0.3, 0.4) is 0 Å². The van der Waals surface area contributed by atoms with Gasteiger partial charge in [0.15, 0.2) is 0 Å². The molecule has 304 valence electrons. The van der Waals surface area contributed by atoms with Gasteiger partial charge in [-0.3, -0.25) is 0 Å². The van der Waals surface area contributed by atoms with Crippen LogP contribution in [-0.2, 0) is 21.7 Å². The Labute approximate surface area is 355 Å². The van der Waals surface area contributed by atoms with E-state index in [0.29, 0.717) is 5.69 Å². The predicted molar refractivity (Wildman–Crippen MR) is 255 cm³/mol. The maximum atomic E-state index is 5.41. The molecule has 8 bridgehead atoms. The summed E-state index contributed by atoms with van der Waals surface area (Å²) in [5, 5.41) is 9.71. The summed E-state index contributed by atoms with van der Waals surface area (Å²) in [6, 6.07) is 34.6. The average molecular weight is 791 g/mol. The van der Waals surface area contributed by atoms with Gasteiger partial charge in [0, 0.05) is 27.7 Å². The first-order valence-corrected chi connectivity index (χ1v) is 21.1. The van der Waals surface area contributed by atoms with E-state index < -0.39 is 0 Å². The second-order valence-corrected chi connectivity index (χ2v) is 20.5. The van der Waals surface area contributed by atoms with Crippen LogP contribution in [0.5, 0.6) is 0 Å². The van der Waals surface area contributed by atoms with Crippen molar-refractivity contribution in [3.05, 3.63) is 142 Å². The van der Waals surface area contributed by atoms with Gasteiger partial charge < -0.3 is 9.97 Å². The third-order valence-electron chi connectivity index (χ3n) is 11.5. The lowest BCUT2D eigenvalue weighted by Gasteiger charge is -2.26. The molecule has 6 nitrogen and oxygen atoms in total. The number of hydrogen-bond acceptors (Lipinski definition) is 4. The van der Waals surface area contributed by atoms with Crippen LogP contribution in [-0.4, -0.2) is 19.9 Å². The van der Waals surface area contributed by atoms with Gasteiger partial charge in [-0.2, -0.15) is 5.11 Å². The van der Waals surface area contributed by atoms with E-state index in [1.165, 1.54) is 22.3 Å². The molecule has 6 heteroatoms.